The quantitative estimate of drug-likeness (QED) is 0.570. The maximum absolute atomic E-state index is 10.6. The second-order valence-corrected chi connectivity index (χ2v) is 5.63. The van der Waals surface area contributed by atoms with Crippen LogP contribution in [0.5, 0.6) is 0 Å². The van der Waals surface area contributed by atoms with E-state index < -0.39 is 22.8 Å². The molecule has 3 N–H and O–H groups in total. The van der Waals surface area contributed by atoms with Gasteiger partial charge < -0.3 is 15.3 Å². The first-order chi connectivity index (χ1) is 7.29. The topological polar surface area (TPSA) is 94.8 Å². The van der Waals surface area contributed by atoms with Crippen molar-refractivity contribution in [1.29, 1.82) is 0 Å². The Labute approximate surface area is 103 Å². The number of aliphatic hydroxyl groups is 1. The maximum Gasteiger partial charge on any atom is 0.304 e. The third kappa shape index (κ3) is 6.92. The molecule has 0 aliphatic rings. The van der Waals surface area contributed by atoms with Gasteiger partial charge in [0.25, 0.3) is 0 Å². The molecule has 0 rings (SSSR count). The predicted octanol–water partition coefficient (Wildman–Crippen LogP) is 1.03. The van der Waals surface area contributed by atoms with Crippen LogP contribution in [0.25, 0.3) is 0 Å². The van der Waals surface area contributed by atoms with Gasteiger partial charge >= 0.3 is 11.9 Å². The van der Waals surface area contributed by atoms with Gasteiger partial charge in [-0.25, -0.2) is 0 Å². The van der Waals surface area contributed by atoms with Crippen molar-refractivity contribution in [2.24, 2.45) is 0 Å². The lowest BCUT2D eigenvalue weighted by molar-refractivity contribution is -0.139. The van der Waals surface area contributed by atoms with Gasteiger partial charge in [-0.2, -0.15) is 11.8 Å². The van der Waals surface area contributed by atoms with Crippen LogP contribution in [0.15, 0.2) is 0 Å². The number of hydrogen-bond donors (Lipinski definition) is 3. The first-order valence-electron chi connectivity index (χ1n) is 4.60. The lowest BCUT2D eigenvalue weighted by atomic mass is 10.0. The van der Waals surface area contributed by atoms with Crippen LogP contribution in [0.3, 0.4) is 0 Å². The molecule has 5 nitrogen and oxygen atoms in total. The molecule has 1 atom stereocenters. The predicted molar refractivity (Wildman–Crippen MR) is 62.1 cm³/mol. The highest BCUT2D eigenvalue weighted by Gasteiger charge is 2.31. The van der Waals surface area contributed by atoms with Crippen molar-refractivity contribution in [3.05, 3.63) is 0 Å². The lowest BCUT2D eigenvalue weighted by Gasteiger charge is -2.26. The molecule has 0 aromatic heterocycles. The molecule has 0 radical (unpaired) electrons. The van der Waals surface area contributed by atoms with Crippen molar-refractivity contribution in [1.82, 2.24) is 0 Å². The average Bonchev–Trinajstić information content (AvgIpc) is 2.11. The average molecular weight is 271 g/mol. The van der Waals surface area contributed by atoms with Crippen molar-refractivity contribution < 1.29 is 24.9 Å². The Balaban J connectivity index is 4.40. The molecule has 0 spiro atoms. The third-order valence-corrected chi connectivity index (χ3v) is 3.75. The Bertz CT molecular complexity index is 242. The minimum Gasteiger partial charge on any atom is -0.481 e. The summed E-state index contributed by atoms with van der Waals surface area (Å²) in [6.45, 7) is 1.56. The van der Waals surface area contributed by atoms with E-state index in [1.807, 2.05) is 0 Å². The molecule has 0 amide bonds. The fourth-order valence-corrected chi connectivity index (χ4v) is 2.55. The second-order valence-electron chi connectivity index (χ2n) is 3.71. The smallest absolute Gasteiger partial charge is 0.304 e. The summed E-state index contributed by atoms with van der Waals surface area (Å²) in [6, 6.07) is 0. The summed E-state index contributed by atoms with van der Waals surface area (Å²) in [6.07, 6.45) is -1.29. The van der Waals surface area contributed by atoms with Gasteiger partial charge in [-0.05, 0) is 6.92 Å². The molecule has 0 bridgehead atoms. The number of thioether (sulfide) groups is 1. The van der Waals surface area contributed by atoms with E-state index in [9.17, 15) is 14.7 Å². The number of rotatable bonds is 8. The standard InChI is InChI=1S/C9H15ClO5S/c1-9(2-7(12)13,3-8(14)15)16-5-6(11)4-10/h6,11H,2-5H2,1H3,(H,12,13)(H,14,15). The summed E-state index contributed by atoms with van der Waals surface area (Å²) in [4.78, 5) is 21.2. The monoisotopic (exact) mass is 270 g/mol. The van der Waals surface area contributed by atoms with Crippen LogP contribution in [0, 0.1) is 0 Å². The summed E-state index contributed by atoms with van der Waals surface area (Å²) >= 11 is 6.51. The Kier molecular flexibility index (Phi) is 6.78. The molecule has 0 aliphatic heterocycles. The molecule has 0 saturated carbocycles. The van der Waals surface area contributed by atoms with E-state index >= 15 is 0 Å². The number of carbonyl (C=O) groups is 2. The maximum atomic E-state index is 10.6. The second kappa shape index (κ2) is 6.98. The van der Waals surface area contributed by atoms with Crippen molar-refractivity contribution in [2.75, 3.05) is 11.6 Å². The van der Waals surface area contributed by atoms with Crippen molar-refractivity contribution in [3.63, 3.8) is 0 Å². The molecule has 0 aromatic carbocycles. The van der Waals surface area contributed by atoms with Crippen molar-refractivity contribution in [3.8, 4) is 0 Å². The normalized spacial score (nSPS) is 13.4. The minimum absolute atomic E-state index is 0.0449. The van der Waals surface area contributed by atoms with E-state index in [1.165, 1.54) is 0 Å². The number of alkyl halides is 1. The van der Waals surface area contributed by atoms with E-state index in [-0.39, 0.29) is 24.5 Å². The van der Waals surface area contributed by atoms with Crippen LogP contribution in [0.4, 0.5) is 0 Å². The zero-order valence-corrected chi connectivity index (χ0v) is 10.4. The Morgan fingerprint density at radius 3 is 2.06 bits per heavy atom. The van der Waals surface area contributed by atoms with Crippen LogP contribution in [0.1, 0.15) is 19.8 Å². The first-order valence-corrected chi connectivity index (χ1v) is 6.12. The van der Waals surface area contributed by atoms with Crippen LogP contribution in [0.2, 0.25) is 0 Å². The van der Waals surface area contributed by atoms with Gasteiger partial charge in [-0.1, -0.05) is 0 Å². The van der Waals surface area contributed by atoms with E-state index in [4.69, 9.17) is 21.8 Å². The molecule has 16 heavy (non-hydrogen) atoms. The highest BCUT2D eigenvalue weighted by Crippen LogP contribution is 2.33. The summed E-state index contributed by atoms with van der Waals surface area (Å²) in [5.74, 6) is -1.85. The van der Waals surface area contributed by atoms with Gasteiger partial charge in [0.2, 0.25) is 0 Å². The number of halogens is 1. The summed E-state index contributed by atoms with van der Waals surface area (Å²) < 4.78 is -0.926. The zero-order chi connectivity index (χ0) is 12.8. The van der Waals surface area contributed by atoms with Crippen molar-refractivity contribution >= 4 is 35.3 Å². The molecular formula is C9H15ClO5S. The van der Waals surface area contributed by atoms with E-state index in [1.54, 1.807) is 6.92 Å². The van der Waals surface area contributed by atoms with Gasteiger partial charge in [0.05, 0.1) is 18.9 Å². The highest BCUT2D eigenvalue weighted by molar-refractivity contribution is 8.00. The van der Waals surface area contributed by atoms with Crippen LogP contribution in [-0.4, -0.2) is 49.7 Å². The fourth-order valence-electron chi connectivity index (χ4n) is 1.15. The fraction of sp³-hybridized carbons (Fsp3) is 0.778. The number of hydrogen-bond acceptors (Lipinski definition) is 4. The van der Waals surface area contributed by atoms with Gasteiger partial charge in [-0.15, -0.1) is 11.6 Å². The molecular weight excluding hydrogens is 256 g/mol. The first kappa shape index (κ1) is 15.5. The molecule has 94 valence electrons. The third-order valence-electron chi connectivity index (χ3n) is 1.85. The number of aliphatic carboxylic acids is 2. The number of aliphatic hydroxyl groups excluding tert-OH is 1. The van der Waals surface area contributed by atoms with Gasteiger partial charge in [0.1, 0.15) is 0 Å². The van der Waals surface area contributed by atoms with Gasteiger partial charge in [-0.3, -0.25) is 9.59 Å². The summed E-state index contributed by atoms with van der Waals surface area (Å²) in [5.41, 5.74) is 0. The van der Waals surface area contributed by atoms with Gasteiger partial charge in [0, 0.05) is 16.4 Å². The molecule has 0 heterocycles. The molecule has 0 saturated heterocycles. The largest absolute Gasteiger partial charge is 0.481 e. The molecule has 1 unspecified atom stereocenters. The summed E-state index contributed by atoms with van der Waals surface area (Å²) in [5, 5.41) is 26.6. The Hall–Kier alpha value is -0.460. The summed E-state index contributed by atoms with van der Waals surface area (Å²) in [7, 11) is 0. The molecule has 0 aliphatic carbocycles. The minimum atomic E-state index is -1.06. The molecule has 0 aromatic rings. The highest BCUT2D eigenvalue weighted by atomic mass is 35.5. The van der Waals surface area contributed by atoms with Crippen LogP contribution >= 0.6 is 23.4 Å². The number of carboxylic acid groups (broad SMARTS) is 2. The van der Waals surface area contributed by atoms with Crippen LogP contribution in [-0.2, 0) is 9.59 Å². The van der Waals surface area contributed by atoms with Crippen LogP contribution < -0.4 is 0 Å². The zero-order valence-electron chi connectivity index (χ0n) is 8.85. The van der Waals surface area contributed by atoms with Crippen molar-refractivity contribution in [2.45, 2.75) is 30.6 Å². The Morgan fingerprint density at radius 1 is 1.31 bits per heavy atom. The SMILES string of the molecule is CC(CC(=O)O)(CC(=O)O)SCC(O)CCl. The Morgan fingerprint density at radius 2 is 1.75 bits per heavy atom. The van der Waals surface area contributed by atoms with E-state index in [2.05, 4.69) is 0 Å². The van der Waals surface area contributed by atoms with Gasteiger partial charge in [0.15, 0.2) is 0 Å². The van der Waals surface area contributed by atoms with E-state index in [0.29, 0.717) is 0 Å². The lowest BCUT2D eigenvalue weighted by Crippen LogP contribution is -2.30. The number of carboxylic acids is 2. The molecule has 7 heteroatoms. The molecule has 0 fully saturated rings. The van der Waals surface area contributed by atoms with E-state index in [0.717, 1.165) is 11.8 Å².